The fourth-order valence-corrected chi connectivity index (χ4v) is 2.35. The van der Waals surface area contributed by atoms with Crippen molar-refractivity contribution in [3.05, 3.63) is 30.0 Å². The summed E-state index contributed by atoms with van der Waals surface area (Å²) in [6.45, 7) is 4.47. The first-order valence-electron chi connectivity index (χ1n) is 6.23. The Bertz CT molecular complexity index is 506. The first kappa shape index (κ1) is 9.88. The zero-order valence-electron chi connectivity index (χ0n) is 9.98. The molecule has 0 saturated heterocycles. The largest absolute Gasteiger partial charge is 0.262 e. The molecule has 2 aromatic rings. The van der Waals surface area contributed by atoms with Gasteiger partial charge in [-0.2, -0.15) is 5.10 Å². The van der Waals surface area contributed by atoms with Crippen LogP contribution in [0.4, 0.5) is 0 Å². The van der Waals surface area contributed by atoms with Crippen LogP contribution >= 0.6 is 0 Å². The Morgan fingerprint density at radius 2 is 2.12 bits per heavy atom. The minimum Gasteiger partial charge on any atom is -0.262 e. The van der Waals surface area contributed by atoms with Crippen molar-refractivity contribution in [2.45, 2.75) is 45.1 Å². The first-order chi connectivity index (χ1) is 7.75. The molecule has 2 heteroatoms. The zero-order chi connectivity index (χ0) is 11.1. The maximum absolute atomic E-state index is 4.53. The molecule has 0 unspecified atom stereocenters. The van der Waals surface area contributed by atoms with Crippen molar-refractivity contribution >= 4 is 10.9 Å². The van der Waals surface area contributed by atoms with Crippen LogP contribution < -0.4 is 0 Å². The SMILES string of the molecule is CC(C)c1ccc2c(cnn2C2CCC2)c1. The van der Waals surface area contributed by atoms with Gasteiger partial charge in [0.05, 0.1) is 17.8 Å². The topological polar surface area (TPSA) is 17.8 Å². The third-order valence-corrected chi connectivity index (χ3v) is 3.71. The van der Waals surface area contributed by atoms with E-state index >= 15 is 0 Å². The Labute approximate surface area is 96.3 Å². The average molecular weight is 214 g/mol. The van der Waals surface area contributed by atoms with Crippen LogP contribution in [-0.4, -0.2) is 9.78 Å². The highest BCUT2D eigenvalue weighted by molar-refractivity contribution is 5.79. The minimum atomic E-state index is 0.594. The molecular weight excluding hydrogens is 196 g/mol. The Morgan fingerprint density at radius 1 is 1.31 bits per heavy atom. The summed E-state index contributed by atoms with van der Waals surface area (Å²) in [6.07, 6.45) is 5.96. The van der Waals surface area contributed by atoms with Gasteiger partial charge in [0.1, 0.15) is 0 Å². The van der Waals surface area contributed by atoms with E-state index in [2.05, 4.69) is 41.8 Å². The molecule has 1 saturated carbocycles. The summed E-state index contributed by atoms with van der Waals surface area (Å²) in [4.78, 5) is 0. The number of aromatic nitrogens is 2. The lowest BCUT2D eigenvalue weighted by Crippen LogP contribution is -2.17. The van der Waals surface area contributed by atoms with E-state index in [1.54, 1.807) is 0 Å². The molecule has 1 aromatic carbocycles. The molecule has 0 bridgehead atoms. The Morgan fingerprint density at radius 3 is 2.75 bits per heavy atom. The van der Waals surface area contributed by atoms with E-state index in [1.165, 1.54) is 35.7 Å². The Hall–Kier alpha value is -1.31. The number of nitrogens with zero attached hydrogens (tertiary/aromatic N) is 2. The van der Waals surface area contributed by atoms with E-state index in [4.69, 9.17) is 0 Å². The first-order valence-corrected chi connectivity index (χ1v) is 6.23. The van der Waals surface area contributed by atoms with Crippen LogP contribution in [0, 0.1) is 0 Å². The van der Waals surface area contributed by atoms with Gasteiger partial charge in [-0.15, -0.1) is 0 Å². The van der Waals surface area contributed by atoms with Crippen LogP contribution in [-0.2, 0) is 0 Å². The highest BCUT2D eigenvalue weighted by Crippen LogP contribution is 2.33. The zero-order valence-corrected chi connectivity index (χ0v) is 9.98. The van der Waals surface area contributed by atoms with Gasteiger partial charge in [0.25, 0.3) is 0 Å². The van der Waals surface area contributed by atoms with Crippen LogP contribution in [0.15, 0.2) is 24.4 Å². The molecule has 1 aromatic heterocycles. The summed E-state index contributed by atoms with van der Waals surface area (Å²) in [5.74, 6) is 0.594. The quantitative estimate of drug-likeness (QED) is 0.741. The molecular formula is C14H18N2. The van der Waals surface area contributed by atoms with Gasteiger partial charge in [-0.05, 0) is 42.9 Å². The van der Waals surface area contributed by atoms with Gasteiger partial charge < -0.3 is 0 Å². The summed E-state index contributed by atoms with van der Waals surface area (Å²) in [5, 5.41) is 5.82. The molecule has 16 heavy (non-hydrogen) atoms. The number of hydrogen-bond acceptors (Lipinski definition) is 1. The van der Waals surface area contributed by atoms with Crippen LogP contribution in [0.1, 0.15) is 50.6 Å². The van der Waals surface area contributed by atoms with E-state index in [0.717, 1.165) is 0 Å². The van der Waals surface area contributed by atoms with Crippen molar-refractivity contribution in [1.82, 2.24) is 9.78 Å². The predicted molar refractivity (Wildman–Crippen MR) is 66.7 cm³/mol. The van der Waals surface area contributed by atoms with Crippen molar-refractivity contribution in [3.63, 3.8) is 0 Å². The lowest BCUT2D eigenvalue weighted by molar-refractivity contribution is 0.297. The second kappa shape index (κ2) is 3.62. The third-order valence-electron chi connectivity index (χ3n) is 3.71. The molecule has 0 aliphatic heterocycles. The van der Waals surface area contributed by atoms with Crippen LogP contribution in [0.3, 0.4) is 0 Å². The molecule has 0 amide bonds. The molecule has 1 heterocycles. The van der Waals surface area contributed by atoms with E-state index in [0.29, 0.717) is 12.0 Å². The highest BCUT2D eigenvalue weighted by Gasteiger charge is 2.21. The van der Waals surface area contributed by atoms with Gasteiger partial charge >= 0.3 is 0 Å². The number of fused-ring (bicyclic) bond motifs is 1. The molecule has 1 aliphatic carbocycles. The molecule has 1 aliphatic rings. The summed E-state index contributed by atoms with van der Waals surface area (Å²) in [5.41, 5.74) is 2.70. The molecule has 2 nitrogen and oxygen atoms in total. The monoisotopic (exact) mass is 214 g/mol. The summed E-state index contributed by atoms with van der Waals surface area (Å²) >= 11 is 0. The molecule has 84 valence electrons. The maximum atomic E-state index is 4.53. The van der Waals surface area contributed by atoms with Gasteiger partial charge in [-0.3, -0.25) is 4.68 Å². The smallest absolute Gasteiger partial charge is 0.0685 e. The third kappa shape index (κ3) is 1.44. The summed E-state index contributed by atoms with van der Waals surface area (Å²) in [6, 6.07) is 7.41. The second-order valence-electron chi connectivity index (χ2n) is 5.15. The van der Waals surface area contributed by atoms with Gasteiger partial charge in [0.15, 0.2) is 0 Å². The van der Waals surface area contributed by atoms with Crippen molar-refractivity contribution < 1.29 is 0 Å². The molecule has 0 atom stereocenters. The van der Waals surface area contributed by atoms with Crippen molar-refractivity contribution in [2.75, 3.05) is 0 Å². The fourth-order valence-electron chi connectivity index (χ4n) is 2.35. The Balaban J connectivity index is 2.07. The van der Waals surface area contributed by atoms with Gasteiger partial charge in [0, 0.05) is 5.39 Å². The van der Waals surface area contributed by atoms with E-state index in [-0.39, 0.29) is 0 Å². The number of benzene rings is 1. The molecule has 0 N–H and O–H groups in total. The molecule has 0 spiro atoms. The van der Waals surface area contributed by atoms with Crippen LogP contribution in [0.2, 0.25) is 0 Å². The highest BCUT2D eigenvalue weighted by atomic mass is 15.3. The van der Waals surface area contributed by atoms with Crippen molar-refractivity contribution in [3.8, 4) is 0 Å². The maximum Gasteiger partial charge on any atom is 0.0685 e. The summed E-state index contributed by atoms with van der Waals surface area (Å²) < 4.78 is 2.21. The number of hydrogen-bond donors (Lipinski definition) is 0. The van der Waals surface area contributed by atoms with Gasteiger partial charge in [0.2, 0.25) is 0 Å². The van der Waals surface area contributed by atoms with Gasteiger partial charge in [-0.25, -0.2) is 0 Å². The molecule has 1 fully saturated rings. The Kier molecular flexibility index (Phi) is 2.23. The fraction of sp³-hybridized carbons (Fsp3) is 0.500. The van der Waals surface area contributed by atoms with E-state index in [9.17, 15) is 0 Å². The number of rotatable bonds is 2. The molecule has 0 radical (unpaired) electrons. The van der Waals surface area contributed by atoms with Crippen molar-refractivity contribution in [1.29, 1.82) is 0 Å². The van der Waals surface area contributed by atoms with Crippen LogP contribution in [0.25, 0.3) is 10.9 Å². The minimum absolute atomic E-state index is 0.594. The van der Waals surface area contributed by atoms with E-state index < -0.39 is 0 Å². The van der Waals surface area contributed by atoms with Crippen LogP contribution in [0.5, 0.6) is 0 Å². The normalized spacial score (nSPS) is 16.9. The van der Waals surface area contributed by atoms with E-state index in [1.807, 2.05) is 6.20 Å². The second-order valence-corrected chi connectivity index (χ2v) is 5.15. The lowest BCUT2D eigenvalue weighted by atomic mass is 9.93. The summed E-state index contributed by atoms with van der Waals surface area (Å²) in [7, 11) is 0. The lowest BCUT2D eigenvalue weighted by Gasteiger charge is -2.26. The van der Waals surface area contributed by atoms with Gasteiger partial charge in [-0.1, -0.05) is 19.9 Å². The predicted octanol–water partition coefficient (Wildman–Crippen LogP) is 3.88. The standard InChI is InChI=1S/C14H18N2/c1-10(2)11-6-7-14-12(8-11)9-15-16(14)13-4-3-5-13/h6-10,13H,3-5H2,1-2H3. The molecule has 3 rings (SSSR count). The average Bonchev–Trinajstić information content (AvgIpc) is 2.59. The van der Waals surface area contributed by atoms with Crippen molar-refractivity contribution in [2.24, 2.45) is 0 Å².